The van der Waals surface area contributed by atoms with Crippen molar-refractivity contribution in [3.05, 3.63) is 32.8 Å². The summed E-state index contributed by atoms with van der Waals surface area (Å²) < 4.78 is 18.4. The summed E-state index contributed by atoms with van der Waals surface area (Å²) in [6.45, 7) is 0.685. The van der Waals surface area contributed by atoms with Crippen LogP contribution in [0.1, 0.15) is 19.3 Å². The van der Waals surface area contributed by atoms with Crippen molar-refractivity contribution in [2.45, 2.75) is 30.3 Å². The average Bonchev–Trinajstić information content (AvgIpc) is 2.39. The van der Waals surface area contributed by atoms with Crippen LogP contribution in [0.25, 0.3) is 0 Å². The van der Waals surface area contributed by atoms with Crippen LogP contribution in [0.15, 0.2) is 27.6 Å². The molecule has 2 rings (SSSR count). The highest BCUT2D eigenvalue weighted by atomic mass is 79.9. The number of hydrogen-bond donors (Lipinski definition) is 0. The van der Waals surface area contributed by atoms with Gasteiger partial charge >= 0.3 is 0 Å². The molecular weight excluding hydrogens is 334 g/mol. The summed E-state index contributed by atoms with van der Waals surface area (Å²) in [4.78, 5) is 10.8. The van der Waals surface area contributed by atoms with Crippen molar-refractivity contribution >= 4 is 32.4 Å². The van der Waals surface area contributed by atoms with Gasteiger partial charge in [-0.25, -0.2) is 0 Å². The van der Waals surface area contributed by atoms with Crippen molar-refractivity contribution in [1.82, 2.24) is 0 Å². The molecule has 1 heterocycles. The van der Waals surface area contributed by atoms with E-state index in [1.807, 2.05) is 0 Å². The standard InChI is InChI=1S/C12H14BrNO4S/c13-9-4-5-12(11(7-9)14(15)16)19(17)8-10-3-1-2-6-18-10/h4-5,7,10H,1-3,6,8H2/t10-,19-/m0/s1. The Hall–Kier alpha value is -0.790. The number of hydrogen-bond acceptors (Lipinski definition) is 4. The van der Waals surface area contributed by atoms with Gasteiger partial charge < -0.3 is 4.74 Å². The summed E-state index contributed by atoms with van der Waals surface area (Å²) in [7, 11) is -1.41. The van der Waals surface area contributed by atoms with Crippen molar-refractivity contribution in [2.75, 3.05) is 12.4 Å². The second-order valence-corrected chi connectivity index (χ2v) is 6.75. The minimum absolute atomic E-state index is 0.0576. The number of nitro groups is 1. The van der Waals surface area contributed by atoms with Gasteiger partial charge in [0.15, 0.2) is 0 Å². The van der Waals surface area contributed by atoms with Crippen LogP contribution in [0.2, 0.25) is 0 Å². The summed E-state index contributed by atoms with van der Waals surface area (Å²) in [6.07, 6.45) is 2.90. The van der Waals surface area contributed by atoms with E-state index in [2.05, 4.69) is 15.9 Å². The van der Waals surface area contributed by atoms with Crippen molar-refractivity contribution in [2.24, 2.45) is 0 Å². The molecule has 2 atom stereocenters. The van der Waals surface area contributed by atoms with E-state index in [1.165, 1.54) is 6.07 Å². The zero-order valence-corrected chi connectivity index (χ0v) is 12.6. The van der Waals surface area contributed by atoms with Gasteiger partial charge in [0.1, 0.15) is 4.90 Å². The Morgan fingerprint density at radius 2 is 2.26 bits per heavy atom. The molecule has 0 amide bonds. The van der Waals surface area contributed by atoms with Crippen molar-refractivity contribution in [1.29, 1.82) is 0 Å². The normalized spacial score (nSPS) is 21.0. The van der Waals surface area contributed by atoms with E-state index in [4.69, 9.17) is 4.74 Å². The fraction of sp³-hybridized carbons (Fsp3) is 0.500. The van der Waals surface area contributed by atoms with E-state index in [1.54, 1.807) is 12.1 Å². The molecule has 19 heavy (non-hydrogen) atoms. The Morgan fingerprint density at radius 1 is 1.47 bits per heavy atom. The van der Waals surface area contributed by atoms with Gasteiger partial charge in [0.25, 0.3) is 5.69 Å². The number of ether oxygens (including phenoxy) is 1. The maximum atomic E-state index is 12.3. The predicted molar refractivity (Wildman–Crippen MR) is 75.7 cm³/mol. The first-order chi connectivity index (χ1) is 9.08. The minimum Gasteiger partial charge on any atom is -0.377 e. The second kappa shape index (κ2) is 6.58. The van der Waals surface area contributed by atoms with Crippen LogP contribution in [0, 0.1) is 10.1 Å². The lowest BCUT2D eigenvalue weighted by molar-refractivity contribution is -0.387. The Labute approximate surface area is 122 Å². The molecular formula is C12H14BrNO4S. The number of rotatable bonds is 4. The summed E-state index contributed by atoms with van der Waals surface area (Å²) in [6, 6.07) is 4.60. The van der Waals surface area contributed by atoms with Gasteiger partial charge in [0.05, 0.1) is 27.6 Å². The average molecular weight is 348 g/mol. The van der Waals surface area contributed by atoms with Crippen LogP contribution < -0.4 is 0 Å². The molecule has 104 valence electrons. The van der Waals surface area contributed by atoms with Crippen molar-refractivity contribution < 1.29 is 13.9 Å². The van der Waals surface area contributed by atoms with Gasteiger partial charge in [0, 0.05) is 17.1 Å². The highest BCUT2D eigenvalue weighted by molar-refractivity contribution is 9.10. The molecule has 0 aromatic heterocycles. The quantitative estimate of drug-likeness (QED) is 0.620. The summed E-state index contributed by atoms with van der Waals surface area (Å²) >= 11 is 3.18. The molecule has 1 aliphatic heterocycles. The highest BCUT2D eigenvalue weighted by Crippen LogP contribution is 2.27. The monoisotopic (exact) mass is 347 g/mol. The molecule has 1 aromatic rings. The first kappa shape index (κ1) is 14.6. The Balaban J connectivity index is 2.16. The van der Waals surface area contributed by atoms with Crippen molar-refractivity contribution in [3.8, 4) is 0 Å². The van der Waals surface area contributed by atoms with Crippen LogP contribution in [-0.4, -0.2) is 27.6 Å². The maximum Gasteiger partial charge on any atom is 0.286 e. The molecule has 1 fully saturated rings. The van der Waals surface area contributed by atoms with Gasteiger partial charge in [-0.1, -0.05) is 15.9 Å². The molecule has 0 spiro atoms. The third-order valence-corrected chi connectivity index (χ3v) is 4.98. The fourth-order valence-corrected chi connectivity index (χ4v) is 3.74. The minimum atomic E-state index is -1.41. The Bertz CT molecular complexity index is 503. The topological polar surface area (TPSA) is 69.4 Å². The lowest BCUT2D eigenvalue weighted by Gasteiger charge is -2.21. The number of halogens is 1. The summed E-state index contributed by atoms with van der Waals surface area (Å²) in [5, 5.41) is 11.0. The van der Waals surface area contributed by atoms with Gasteiger partial charge in [-0.3, -0.25) is 14.3 Å². The molecule has 0 bridgehead atoms. The fourth-order valence-electron chi connectivity index (χ4n) is 2.02. The third kappa shape index (κ3) is 3.84. The van der Waals surface area contributed by atoms with Crippen LogP contribution in [0.3, 0.4) is 0 Å². The zero-order chi connectivity index (χ0) is 13.8. The van der Waals surface area contributed by atoms with Gasteiger partial charge in [-0.15, -0.1) is 0 Å². The van der Waals surface area contributed by atoms with Gasteiger partial charge in [-0.2, -0.15) is 0 Å². The molecule has 0 radical (unpaired) electrons. The Kier molecular flexibility index (Phi) is 5.06. The van der Waals surface area contributed by atoms with E-state index in [0.29, 0.717) is 16.8 Å². The molecule has 0 aliphatic carbocycles. The molecule has 0 N–H and O–H groups in total. The van der Waals surface area contributed by atoms with E-state index in [0.717, 1.165) is 19.3 Å². The number of nitro benzene ring substituents is 1. The third-order valence-electron chi connectivity index (χ3n) is 2.97. The smallest absolute Gasteiger partial charge is 0.286 e. The van der Waals surface area contributed by atoms with E-state index in [9.17, 15) is 14.3 Å². The predicted octanol–water partition coefficient (Wildman–Crippen LogP) is 3.03. The van der Waals surface area contributed by atoms with Crippen LogP contribution in [-0.2, 0) is 15.5 Å². The molecule has 1 saturated heterocycles. The molecule has 5 nitrogen and oxygen atoms in total. The number of nitrogens with zero attached hydrogens (tertiary/aromatic N) is 1. The molecule has 0 saturated carbocycles. The second-order valence-electron chi connectivity index (χ2n) is 4.37. The lowest BCUT2D eigenvalue weighted by atomic mass is 10.1. The van der Waals surface area contributed by atoms with Gasteiger partial charge in [0.2, 0.25) is 0 Å². The summed E-state index contributed by atoms with van der Waals surface area (Å²) in [5.74, 6) is 0.322. The largest absolute Gasteiger partial charge is 0.377 e. The van der Waals surface area contributed by atoms with Crippen LogP contribution >= 0.6 is 15.9 Å². The van der Waals surface area contributed by atoms with E-state index in [-0.39, 0.29) is 16.7 Å². The summed E-state index contributed by atoms with van der Waals surface area (Å²) in [5.41, 5.74) is -0.108. The lowest BCUT2D eigenvalue weighted by Crippen LogP contribution is -2.25. The van der Waals surface area contributed by atoms with E-state index >= 15 is 0 Å². The molecule has 1 aromatic carbocycles. The SMILES string of the molecule is O=[N+]([O-])c1cc(Br)ccc1[S@@](=O)C[C@@H]1CCCCO1. The van der Waals surface area contributed by atoms with Crippen LogP contribution in [0.4, 0.5) is 5.69 Å². The molecule has 7 heteroatoms. The first-order valence-electron chi connectivity index (χ1n) is 6.02. The first-order valence-corrected chi connectivity index (χ1v) is 8.13. The maximum absolute atomic E-state index is 12.3. The molecule has 1 aliphatic rings. The molecule has 0 unspecified atom stereocenters. The number of benzene rings is 1. The van der Waals surface area contributed by atoms with Crippen LogP contribution in [0.5, 0.6) is 0 Å². The van der Waals surface area contributed by atoms with Gasteiger partial charge in [-0.05, 0) is 31.4 Å². The van der Waals surface area contributed by atoms with E-state index < -0.39 is 15.7 Å². The zero-order valence-electron chi connectivity index (χ0n) is 10.2. The Morgan fingerprint density at radius 3 is 2.89 bits per heavy atom. The highest BCUT2D eigenvalue weighted by Gasteiger charge is 2.23. The van der Waals surface area contributed by atoms with Crippen molar-refractivity contribution in [3.63, 3.8) is 0 Å².